The summed E-state index contributed by atoms with van der Waals surface area (Å²) in [6, 6.07) is 17.3. The minimum absolute atomic E-state index is 0.130. The van der Waals surface area contributed by atoms with Gasteiger partial charge >= 0.3 is 0 Å². The van der Waals surface area contributed by atoms with E-state index in [1.54, 1.807) is 11.3 Å². The number of rotatable bonds is 5. The highest BCUT2D eigenvalue weighted by Gasteiger charge is 2.19. The summed E-state index contributed by atoms with van der Waals surface area (Å²) in [5, 5.41) is 3.70. The number of ether oxygens (including phenoxy) is 2. The number of thiophene rings is 1. The molecule has 152 valence electrons. The summed E-state index contributed by atoms with van der Waals surface area (Å²) in [6.07, 6.45) is 0. The van der Waals surface area contributed by atoms with Gasteiger partial charge in [0.05, 0.1) is 14.0 Å². The second-order valence-corrected chi connectivity index (χ2v) is 9.82. The third-order valence-electron chi connectivity index (χ3n) is 4.91. The number of nitrogens with zero attached hydrogens (tertiary/aromatic N) is 1. The Labute approximate surface area is 190 Å². The molecule has 0 unspecified atom stereocenters. The molecule has 2 aromatic heterocycles. The lowest BCUT2D eigenvalue weighted by Gasteiger charge is -2.12. The first-order valence-electron chi connectivity index (χ1n) is 9.26. The maximum absolute atomic E-state index is 13.1. The molecular formula is C22H16BrClN2O3S. The first kappa shape index (κ1) is 19.5. The van der Waals surface area contributed by atoms with E-state index in [9.17, 15) is 4.79 Å². The zero-order valence-corrected chi connectivity index (χ0v) is 18.8. The summed E-state index contributed by atoms with van der Waals surface area (Å²) < 4.78 is 14.9. The molecule has 0 spiro atoms. The molecule has 0 aliphatic carbocycles. The van der Waals surface area contributed by atoms with Gasteiger partial charge in [0.25, 0.3) is 5.91 Å². The second kappa shape index (κ2) is 7.98. The van der Waals surface area contributed by atoms with Gasteiger partial charge in [0.2, 0.25) is 6.79 Å². The summed E-state index contributed by atoms with van der Waals surface area (Å²) in [7, 11) is 0. The first-order chi connectivity index (χ1) is 14.6. The Morgan fingerprint density at radius 1 is 1.10 bits per heavy atom. The van der Waals surface area contributed by atoms with E-state index in [-0.39, 0.29) is 12.7 Å². The quantitative estimate of drug-likeness (QED) is 0.373. The molecule has 8 heteroatoms. The molecule has 0 fully saturated rings. The van der Waals surface area contributed by atoms with Crippen LogP contribution in [0.1, 0.15) is 21.6 Å². The predicted octanol–water partition coefficient (Wildman–Crippen LogP) is 5.83. The number of hydrogen-bond donors (Lipinski definition) is 1. The minimum atomic E-state index is -0.130. The maximum atomic E-state index is 13.1. The van der Waals surface area contributed by atoms with Gasteiger partial charge in [-0.2, -0.15) is 0 Å². The molecule has 5 nitrogen and oxygen atoms in total. The van der Waals surface area contributed by atoms with Crippen LogP contribution < -0.4 is 14.8 Å². The molecule has 5 rings (SSSR count). The summed E-state index contributed by atoms with van der Waals surface area (Å²) in [5.41, 5.74) is 3.61. The van der Waals surface area contributed by atoms with Gasteiger partial charge < -0.3 is 19.4 Å². The molecule has 0 saturated carbocycles. The molecule has 0 atom stereocenters. The van der Waals surface area contributed by atoms with Gasteiger partial charge in [-0.15, -0.1) is 11.3 Å². The highest BCUT2D eigenvalue weighted by atomic mass is 79.9. The summed E-state index contributed by atoms with van der Waals surface area (Å²) in [6.45, 7) is 1.18. The van der Waals surface area contributed by atoms with Crippen molar-refractivity contribution < 1.29 is 14.3 Å². The smallest absolute Gasteiger partial charge is 0.268 e. The summed E-state index contributed by atoms with van der Waals surface area (Å²) >= 11 is 11.3. The fraction of sp³-hybridized carbons (Fsp3) is 0.136. The Morgan fingerprint density at radius 3 is 2.83 bits per heavy atom. The highest BCUT2D eigenvalue weighted by molar-refractivity contribution is 9.11. The molecule has 1 amide bonds. The van der Waals surface area contributed by atoms with Gasteiger partial charge in [0.1, 0.15) is 5.69 Å². The van der Waals surface area contributed by atoms with Gasteiger partial charge in [0, 0.05) is 18.1 Å². The Balaban J connectivity index is 1.41. The molecule has 2 aromatic carbocycles. The van der Waals surface area contributed by atoms with Crippen LogP contribution in [0.2, 0.25) is 5.02 Å². The van der Waals surface area contributed by atoms with Crippen LogP contribution in [0.15, 0.2) is 58.4 Å². The number of carbonyl (C=O) groups excluding carboxylic acids is 1. The molecule has 3 heterocycles. The van der Waals surface area contributed by atoms with Gasteiger partial charge in [-0.3, -0.25) is 4.79 Å². The van der Waals surface area contributed by atoms with Crippen LogP contribution in [-0.4, -0.2) is 17.3 Å². The molecule has 1 aliphatic rings. The number of hydrogen-bond acceptors (Lipinski definition) is 4. The first-order valence-corrected chi connectivity index (χ1v) is 11.3. The van der Waals surface area contributed by atoms with Crippen molar-refractivity contribution in [2.45, 2.75) is 13.1 Å². The molecule has 1 N–H and O–H groups in total. The van der Waals surface area contributed by atoms with E-state index in [1.165, 1.54) is 0 Å². The number of nitrogens with one attached hydrogen (secondary N) is 1. The number of benzene rings is 2. The average molecular weight is 504 g/mol. The zero-order valence-electron chi connectivity index (χ0n) is 15.7. The summed E-state index contributed by atoms with van der Waals surface area (Å²) in [4.78, 5) is 13.1. The standard InChI is InChI=1S/C22H16BrClN2O3S/c23-21-9-16-20(30-21)8-17(26(16)11-14-2-1-3-15(24)6-14)22(27)25-10-13-4-5-18-19(7-13)29-12-28-18/h1-9H,10-12H2,(H,25,27). The van der Waals surface area contributed by atoms with E-state index in [1.807, 2.05) is 59.2 Å². The van der Waals surface area contributed by atoms with Gasteiger partial charge in [-0.05, 0) is 63.5 Å². The second-order valence-electron chi connectivity index (χ2n) is 6.92. The van der Waals surface area contributed by atoms with Crippen LogP contribution in [-0.2, 0) is 13.1 Å². The van der Waals surface area contributed by atoms with E-state index in [4.69, 9.17) is 21.1 Å². The van der Waals surface area contributed by atoms with Crippen molar-refractivity contribution >= 4 is 55.0 Å². The molecule has 1 aliphatic heterocycles. The lowest BCUT2D eigenvalue weighted by Crippen LogP contribution is -2.25. The van der Waals surface area contributed by atoms with Crippen LogP contribution in [0.25, 0.3) is 10.2 Å². The lowest BCUT2D eigenvalue weighted by atomic mass is 10.2. The normalized spacial score (nSPS) is 12.5. The number of aromatic nitrogens is 1. The third-order valence-corrected chi connectivity index (χ3v) is 6.72. The monoisotopic (exact) mass is 502 g/mol. The van der Waals surface area contributed by atoms with Crippen LogP contribution in [0.4, 0.5) is 0 Å². The number of carbonyl (C=O) groups is 1. The van der Waals surface area contributed by atoms with E-state index in [2.05, 4.69) is 21.2 Å². The van der Waals surface area contributed by atoms with Crippen molar-refractivity contribution in [3.05, 3.63) is 80.2 Å². The minimum Gasteiger partial charge on any atom is -0.454 e. The average Bonchev–Trinajstić information content (AvgIpc) is 3.41. The van der Waals surface area contributed by atoms with Gasteiger partial charge in [-0.25, -0.2) is 0 Å². The molecular weight excluding hydrogens is 488 g/mol. The SMILES string of the molecule is O=C(NCc1ccc2c(c1)OCO2)c1cc2sc(Br)cc2n1Cc1cccc(Cl)c1. The fourth-order valence-electron chi connectivity index (χ4n) is 3.51. The predicted molar refractivity (Wildman–Crippen MR) is 122 cm³/mol. The Morgan fingerprint density at radius 2 is 1.97 bits per heavy atom. The molecule has 30 heavy (non-hydrogen) atoms. The number of halogens is 2. The van der Waals surface area contributed by atoms with Crippen LogP contribution in [0.5, 0.6) is 11.5 Å². The fourth-order valence-corrected chi connectivity index (χ4v) is 5.29. The van der Waals surface area contributed by atoms with Gasteiger partial charge in [-0.1, -0.05) is 29.8 Å². The van der Waals surface area contributed by atoms with Crippen molar-refractivity contribution in [1.29, 1.82) is 0 Å². The van der Waals surface area contributed by atoms with Crippen molar-refractivity contribution in [3.8, 4) is 11.5 Å². The molecule has 0 radical (unpaired) electrons. The molecule has 4 aromatic rings. The maximum Gasteiger partial charge on any atom is 0.268 e. The number of fused-ring (bicyclic) bond motifs is 2. The third kappa shape index (κ3) is 3.80. The summed E-state index contributed by atoms with van der Waals surface area (Å²) in [5.74, 6) is 1.30. The van der Waals surface area contributed by atoms with Crippen LogP contribution in [0.3, 0.4) is 0 Å². The van der Waals surface area contributed by atoms with E-state index in [0.717, 1.165) is 30.9 Å². The van der Waals surface area contributed by atoms with E-state index in [0.29, 0.717) is 29.6 Å². The molecule has 0 bridgehead atoms. The zero-order chi connectivity index (χ0) is 20.7. The lowest BCUT2D eigenvalue weighted by molar-refractivity contribution is 0.0942. The molecule has 0 saturated heterocycles. The topological polar surface area (TPSA) is 52.5 Å². The van der Waals surface area contributed by atoms with Crippen LogP contribution >= 0.6 is 38.9 Å². The van der Waals surface area contributed by atoms with E-state index >= 15 is 0 Å². The Kier molecular flexibility index (Phi) is 5.18. The van der Waals surface area contributed by atoms with Crippen molar-refractivity contribution in [2.24, 2.45) is 0 Å². The Bertz CT molecular complexity index is 1270. The van der Waals surface area contributed by atoms with Crippen molar-refractivity contribution in [2.75, 3.05) is 6.79 Å². The highest BCUT2D eigenvalue weighted by Crippen LogP contribution is 2.34. The van der Waals surface area contributed by atoms with Crippen LogP contribution in [0, 0.1) is 0 Å². The number of amides is 1. The van der Waals surface area contributed by atoms with E-state index < -0.39 is 0 Å². The van der Waals surface area contributed by atoms with Crippen molar-refractivity contribution in [3.63, 3.8) is 0 Å². The van der Waals surface area contributed by atoms with Crippen molar-refractivity contribution in [1.82, 2.24) is 9.88 Å². The van der Waals surface area contributed by atoms with Gasteiger partial charge in [0.15, 0.2) is 11.5 Å². The largest absolute Gasteiger partial charge is 0.454 e. The Hall–Kier alpha value is -2.48.